The second kappa shape index (κ2) is 5.41. The first-order valence-corrected chi connectivity index (χ1v) is 7.40. The van der Waals surface area contributed by atoms with E-state index in [1.165, 1.54) is 10.3 Å². The van der Waals surface area contributed by atoms with Crippen LogP contribution in [-0.4, -0.2) is 4.98 Å². The van der Waals surface area contributed by atoms with Crippen LogP contribution in [0.15, 0.2) is 54.0 Å². The standard InChI is InChI=1S/C16H16N2S/c1-2-13(16-9-5-11-19-16)18-15-8-3-7-14-12(15)6-4-10-17-14/h3-11,13,18H,2H2,1H3. The molecule has 3 rings (SSSR count). The van der Waals surface area contributed by atoms with Gasteiger partial charge < -0.3 is 5.32 Å². The summed E-state index contributed by atoms with van der Waals surface area (Å²) in [6.07, 6.45) is 2.90. The molecule has 0 saturated heterocycles. The second-order valence-corrected chi connectivity index (χ2v) is 5.48. The lowest BCUT2D eigenvalue weighted by Crippen LogP contribution is -2.08. The Labute approximate surface area is 117 Å². The molecule has 0 saturated carbocycles. The van der Waals surface area contributed by atoms with Gasteiger partial charge in [-0.25, -0.2) is 0 Å². The maximum atomic E-state index is 4.40. The van der Waals surface area contributed by atoms with Crippen LogP contribution >= 0.6 is 11.3 Å². The summed E-state index contributed by atoms with van der Waals surface area (Å²) >= 11 is 1.80. The largest absolute Gasteiger partial charge is 0.377 e. The normalized spacial score (nSPS) is 12.5. The molecule has 0 spiro atoms. The molecular weight excluding hydrogens is 252 g/mol. The van der Waals surface area contributed by atoms with Crippen molar-refractivity contribution in [2.75, 3.05) is 5.32 Å². The van der Waals surface area contributed by atoms with Gasteiger partial charge in [0.05, 0.1) is 11.6 Å². The Morgan fingerprint density at radius 2 is 2.11 bits per heavy atom. The molecule has 0 bridgehead atoms. The molecule has 0 aliphatic carbocycles. The lowest BCUT2D eigenvalue weighted by atomic mass is 10.1. The molecule has 2 nitrogen and oxygen atoms in total. The van der Waals surface area contributed by atoms with Gasteiger partial charge in [0.2, 0.25) is 0 Å². The van der Waals surface area contributed by atoms with Crippen molar-refractivity contribution in [3.63, 3.8) is 0 Å². The van der Waals surface area contributed by atoms with Gasteiger partial charge in [-0.3, -0.25) is 4.98 Å². The molecule has 2 heterocycles. The van der Waals surface area contributed by atoms with Crippen molar-refractivity contribution in [1.29, 1.82) is 0 Å². The van der Waals surface area contributed by atoms with Gasteiger partial charge in [0, 0.05) is 22.1 Å². The van der Waals surface area contributed by atoms with E-state index >= 15 is 0 Å². The minimum atomic E-state index is 0.366. The van der Waals surface area contributed by atoms with Gasteiger partial charge in [-0.15, -0.1) is 11.3 Å². The predicted molar refractivity (Wildman–Crippen MR) is 82.7 cm³/mol. The predicted octanol–water partition coefficient (Wildman–Crippen LogP) is 4.86. The van der Waals surface area contributed by atoms with Crippen LogP contribution in [0.1, 0.15) is 24.3 Å². The number of fused-ring (bicyclic) bond motifs is 1. The Bertz CT molecular complexity index is 656. The zero-order chi connectivity index (χ0) is 13.1. The highest BCUT2D eigenvalue weighted by Crippen LogP contribution is 2.29. The number of hydrogen-bond donors (Lipinski definition) is 1. The minimum Gasteiger partial charge on any atom is -0.377 e. The van der Waals surface area contributed by atoms with Crippen LogP contribution in [0.5, 0.6) is 0 Å². The molecule has 1 N–H and O–H groups in total. The van der Waals surface area contributed by atoms with E-state index in [0.29, 0.717) is 6.04 Å². The molecule has 3 heteroatoms. The van der Waals surface area contributed by atoms with Crippen molar-refractivity contribution in [3.8, 4) is 0 Å². The van der Waals surface area contributed by atoms with Gasteiger partial charge in [-0.1, -0.05) is 19.1 Å². The highest BCUT2D eigenvalue weighted by molar-refractivity contribution is 7.10. The molecule has 19 heavy (non-hydrogen) atoms. The Kier molecular flexibility index (Phi) is 3.47. The fourth-order valence-corrected chi connectivity index (χ4v) is 3.14. The van der Waals surface area contributed by atoms with Crippen LogP contribution in [0.2, 0.25) is 0 Å². The lowest BCUT2D eigenvalue weighted by molar-refractivity contribution is 0.765. The third kappa shape index (κ3) is 2.47. The summed E-state index contributed by atoms with van der Waals surface area (Å²) in [5, 5.41) is 6.95. The van der Waals surface area contributed by atoms with Crippen LogP contribution in [0.4, 0.5) is 5.69 Å². The maximum absolute atomic E-state index is 4.40. The fraction of sp³-hybridized carbons (Fsp3) is 0.188. The van der Waals surface area contributed by atoms with Crippen LogP contribution in [-0.2, 0) is 0 Å². The number of hydrogen-bond acceptors (Lipinski definition) is 3. The molecular formula is C16H16N2S. The number of anilines is 1. The van der Waals surface area contributed by atoms with Crippen LogP contribution in [0.25, 0.3) is 10.9 Å². The monoisotopic (exact) mass is 268 g/mol. The van der Waals surface area contributed by atoms with E-state index in [-0.39, 0.29) is 0 Å². The average Bonchev–Trinajstić information content (AvgIpc) is 2.99. The van der Waals surface area contributed by atoms with Gasteiger partial charge in [-0.2, -0.15) is 0 Å². The number of rotatable bonds is 4. The van der Waals surface area contributed by atoms with Crippen molar-refractivity contribution < 1.29 is 0 Å². The number of nitrogens with zero attached hydrogens (tertiary/aromatic N) is 1. The number of thiophene rings is 1. The summed E-state index contributed by atoms with van der Waals surface area (Å²) in [6.45, 7) is 2.21. The summed E-state index contributed by atoms with van der Waals surface area (Å²) in [4.78, 5) is 5.78. The summed E-state index contributed by atoms with van der Waals surface area (Å²) in [5.41, 5.74) is 2.19. The topological polar surface area (TPSA) is 24.9 Å². The molecule has 0 aliphatic heterocycles. The van der Waals surface area contributed by atoms with E-state index in [1.807, 2.05) is 18.3 Å². The molecule has 0 fully saturated rings. The molecule has 0 radical (unpaired) electrons. The number of aromatic nitrogens is 1. The zero-order valence-corrected chi connectivity index (χ0v) is 11.7. The molecule has 3 aromatic rings. The van der Waals surface area contributed by atoms with Crippen molar-refractivity contribution in [1.82, 2.24) is 4.98 Å². The van der Waals surface area contributed by atoms with E-state index in [9.17, 15) is 0 Å². The number of benzene rings is 1. The average molecular weight is 268 g/mol. The zero-order valence-electron chi connectivity index (χ0n) is 10.8. The van der Waals surface area contributed by atoms with Crippen molar-refractivity contribution >= 4 is 27.9 Å². The third-order valence-electron chi connectivity index (χ3n) is 3.27. The van der Waals surface area contributed by atoms with E-state index in [1.54, 1.807) is 11.3 Å². The Balaban J connectivity index is 1.96. The van der Waals surface area contributed by atoms with Gasteiger partial charge in [-0.05, 0) is 42.1 Å². The summed E-state index contributed by atoms with van der Waals surface area (Å²) < 4.78 is 0. The van der Waals surface area contributed by atoms with E-state index in [2.05, 4.69) is 52.9 Å². The molecule has 0 aliphatic rings. The smallest absolute Gasteiger partial charge is 0.0722 e. The Hall–Kier alpha value is -1.87. The summed E-state index contributed by atoms with van der Waals surface area (Å²) in [7, 11) is 0. The number of pyridine rings is 1. The highest BCUT2D eigenvalue weighted by Gasteiger charge is 2.11. The first-order chi connectivity index (χ1) is 9.38. The summed E-state index contributed by atoms with van der Waals surface area (Å²) in [6, 6.07) is 15.0. The summed E-state index contributed by atoms with van der Waals surface area (Å²) in [5.74, 6) is 0. The lowest BCUT2D eigenvalue weighted by Gasteiger charge is -2.18. The van der Waals surface area contributed by atoms with E-state index in [4.69, 9.17) is 0 Å². The molecule has 0 amide bonds. The quantitative estimate of drug-likeness (QED) is 0.731. The molecule has 2 aromatic heterocycles. The minimum absolute atomic E-state index is 0.366. The van der Waals surface area contributed by atoms with Gasteiger partial charge >= 0.3 is 0 Å². The van der Waals surface area contributed by atoms with Crippen LogP contribution < -0.4 is 5.32 Å². The van der Waals surface area contributed by atoms with E-state index in [0.717, 1.165) is 17.6 Å². The number of nitrogens with one attached hydrogen (secondary N) is 1. The molecule has 1 unspecified atom stereocenters. The van der Waals surface area contributed by atoms with E-state index < -0.39 is 0 Å². The van der Waals surface area contributed by atoms with Gasteiger partial charge in [0.1, 0.15) is 0 Å². The maximum Gasteiger partial charge on any atom is 0.0722 e. The first-order valence-electron chi connectivity index (χ1n) is 6.52. The Morgan fingerprint density at radius 3 is 2.89 bits per heavy atom. The Morgan fingerprint density at radius 1 is 1.16 bits per heavy atom. The SMILES string of the molecule is CCC(Nc1cccc2ncccc12)c1cccs1. The van der Waals surface area contributed by atoms with Gasteiger partial charge in [0.15, 0.2) is 0 Å². The fourth-order valence-electron chi connectivity index (χ4n) is 2.28. The third-order valence-corrected chi connectivity index (χ3v) is 4.26. The molecule has 96 valence electrons. The van der Waals surface area contributed by atoms with Gasteiger partial charge in [0.25, 0.3) is 0 Å². The van der Waals surface area contributed by atoms with Crippen molar-refractivity contribution in [2.24, 2.45) is 0 Å². The van der Waals surface area contributed by atoms with Crippen molar-refractivity contribution in [3.05, 3.63) is 58.9 Å². The highest BCUT2D eigenvalue weighted by atomic mass is 32.1. The van der Waals surface area contributed by atoms with Crippen LogP contribution in [0.3, 0.4) is 0 Å². The van der Waals surface area contributed by atoms with Crippen LogP contribution in [0, 0.1) is 0 Å². The molecule has 1 atom stereocenters. The van der Waals surface area contributed by atoms with Crippen molar-refractivity contribution in [2.45, 2.75) is 19.4 Å². The first kappa shape index (κ1) is 12.2. The molecule has 1 aromatic carbocycles. The second-order valence-electron chi connectivity index (χ2n) is 4.50.